The van der Waals surface area contributed by atoms with Crippen LogP contribution in [0.15, 0.2) is 12.3 Å². The average Bonchev–Trinajstić information content (AvgIpc) is 3.09. The first-order chi connectivity index (χ1) is 15.0. The van der Waals surface area contributed by atoms with Crippen LogP contribution < -0.4 is 21.3 Å². The van der Waals surface area contributed by atoms with Gasteiger partial charge in [0.1, 0.15) is 15.2 Å². The number of rotatable bonds is 3. The largest absolute Gasteiger partial charge is 0.396 e. The molecule has 31 heavy (non-hydrogen) atoms. The van der Waals surface area contributed by atoms with Gasteiger partial charge in [0.15, 0.2) is 11.6 Å². The standard InChI is InChI=1S/C21H24FN7OS/c1-11-10-25-17-16(23)18(31-21(17)26-11)20(30)27-13-2-3-15-12(8-13)9-14(22)19(28-15)29-6-4-24-5-7-29/h9-10,13,24H,2-8,23H2,1H3,(H,27,30). The van der Waals surface area contributed by atoms with E-state index in [4.69, 9.17) is 5.73 Å². The number of nitrogens with one attached hydrogen (secondary N) is 2. The Bertz CT molecular complexity index is 1160. The second kappa shape index (κ2) is 8.01. The number of aromatic nitrogens is 3. The quantitative estimate of drug-likeness (QED) is 0.569. The fourth-order valence-corrected chi connectivity index (χ4v) is 5.24. The van der Waals surface area contributed by atoms with Crippen molar-refractivity contribution in [1.29, 1.82) is 0 Å². The first-order valence-corrected chi connectivity index (χ1v) is 11.3. The van der Waals surface area contributed by atoms with E-state index in [0.29, 0.717) is 39.6 Å². The lowest BCUT2D eigenvalue weighted by Gasteiger charge is -2.31. The lowest BCUT2D eigenvalue weighted by atomic mass is 9.91. The highest BCUT2D eigenvalue weighted by molar-refractivity contribution is 7.21. The maximum Gasteiger partial charge on any atom is 0.263 e. The number of nitrogens with zero attached hydrogens (tertiary/aromatic N) is 4. The van der Waals surface area contributed by atoms with Crippen molar-refractivity contribution in [3.63, 3.8) is 0 Å². The second-order valence-corrected chi connectivity index (χ2v) is 9.06. The van der Waals surface area contributed by atoms with Crippen LogP contribution in [-0.4, -0.2) is 53.1 Å². The van der Waals surface area contributed by atoms with E-state index in [2.05, 4.69) is 25.6 Å². The molecule has 1 unspecified atom stereocenters. The van der Waals surface area contributed by atoms with Gasteiger partial charge in [0.2, 0.25) is 0 Å². The van der Waals surface area contributed by atoms with Crippen LogP contribution in [0, 0.1) is 12.7 Å². The highest BCUT2D eigenvalue weighted by atomic mass is 32.1. The zero-order valence-corrected chi connectivity index (χ0v) is 18.1. The van der Waals surface area contributed by atoms with Crippen molar-refractivity contribution in [3.8, 4) is 0 Å². The van der Waals surface area contributed by atoms with Crippen LogP contribution in [-0.2, 0) is 12.8 Å². The van der Waals surface area contributed by atoms with Crippen LogP contribution in [0.1, 0.15) is 33.0 Å². The minimum atomic E-state index is -0.297. The predicted octanol–water partition coefficient (Wildman–Crippen LogP) is 1.81. The highest BCUT2D eigenvalue weighted by Gasteiger charge is 2.27. The molecule has 1 aliphatic carbocycles. The number of fused-ring (bicyclic) bond motifs is 2. The van der Waals surface area contributed by atoms with Gasteiger partial charge in [-0.25, -0.2) is 19.3 Å². The third kappa shape index (κ3) is 3.81. The number of nitrogens with two attached hydrogens (primary N) is 1. The van der Waals surface area contributed by atoms with Crippen molar-refractivity contribution < 1.29 is 9.18 Å². The van der Waals surface area contributed by atoms with Crippen LogP contribution in [0.2, 0.25) is 0 Å². The molecule has 8 nitrogen and oxygen atoms in total. The van der Waals surface area contributed by atoms with Crippen LogP contribution >= 0.6 is 11.3 Å². The van der Waals surface area contributed by atoms with Crippen LogP contribution in [0.3, 0.4) is 0 Å². The Hall–Kier alpha value is -2.85. The number of nitrogen functional groups attached to an aromatic ring is 1. The molecule has 1 atom stereocenters. The van der Waals surface area contributed by atoms with Crippen molar-refractivity contribution in [1.82, 2.24) is 25.6 Å². The predicted molar refractivity (Wildman–Crippen MR) is 119 cm³/mol. The Morgan fingerprint density at radius 3 is 2.97 bits per heavy atom. The second-order valence-electron chi connectivity index (χ2n) is 8.06. The number of halogens is 1. The summed E-state index contributed by atoms with van der Waals surface area (Å²) in [6, 6.07) is 1.49. The third-order valence-electron chi connectivity index (χ3n) is 5.84. The molecule has 10 heteroatoms. The summed E-state index contributed by atoms with van der Waals surface area (Å²) in [6.07, 6.45) is 3.64. The van der Waals surface area contributed by atoms with E-state index in [1.165, 1.54) is 11.3 Å². The van der Waals surface area contributed by atoms with Gasteiger partial charge in [-0.1, -0.05) is 0 Å². The molecule has 4 heterocycles. The molecular weight excluding hydrogens is 417 g/mol. The van der Waals surface area contributed by atoms with Crippen LogP contribution in [0.4, 0.5) is 15.9 Å². The molecule has 3 aromatic rings. The number of thiophene rings is 1. The van der Waals surface area contributed by atoms with Crippen molar-refractivity contribution in [2.45, 2.75) is 32.2 Å². The molecule has 1 aliphatic heterocycles. The first kappa shape index (κ1) is 20.1. The van der Waals surface area contributed by atoms with Gasteiger partial charge in [-0.3, -0.25) is 4.79 Å². The minimum Gasteiger partial charge on any atom is -0.396 e. The van der Waals surface area contributed by atoms with E-state index in [1.807, 2.05) is 11.8 Å². The lowest BCUT2D eigenvalue weighted by Crippen LogP contribution is -2.44. The minimum absolute atomic E-state index is 0.0986. The molecule has 1 saturated heterocycles. The van der Waals surface area contributed by atoms with Crippen molar-refractivity contribution in [2.75, 3.05) is 36.8 Å². The van der Waals surface area contributed by atoms with Crippen LogP contribution in [0.5, 0.6) is 0 Å². The number of aryl methyl sites for hydroxylation is 2. The number of pyridine rings is 1. The molecule has 0 radical (unpaired) electrons. The number of hydrogen-bond donors (Lipinski definition) is 3. The summed E-state index contributed by atoms with van der Waals surface area (Å²) in [5.74, 6) is -0.0933. The highest BCUT2D eigenvalue weighted by Crippen LogP contribution is 2.32. The zero-order valence-electron chi connectivity index (χ0n) is 17.2. The smallest absolute Gasteiger partial charge is 0.263 e. The van der Waals surface area contributed by atoms with Gasteiger partial charge >= 0.3 is 0 Å². The maximum absolute atomic E-state index is 14.8. The number of carbonyl (C=O) groups is 1. The number of amides is 1. The van der Waals surface area contributed by atoms with Gasteiger partial charge < -0.3 is 21.3 Å². The Morgan fingerprint density at radius 1 is 1.35 bits per heavy atom. The van der Waals surface area contributed by atoms with Crippen molar-refractivity contribution in [2.24, 2.45) is 0 Å². The average molecular weight is 442 g/mol. The molecule has 0 aromatic carbocycles. The third-order valence-corrected chi connectivity index (χ3v) is 6.93. The van der Waals surface area contributed by atoms with Gasteiger partial charge in [-0.15, -0.1) is 11.3 Å². The first-order valence-electron chi connectivity index (χ1n) is 10.5. The fourth-order valence-electron chi connectivity index (χ4n) is 4.24. The fraction of sp³-hybridized carbons (Fsp3) is 0.429. The van der Waals surface area contributed by atoms with E-state index in [0.717, 1.165) is 49.6 Å². The SMILES string of the molecule is Cc1cnc2c(N)c(C(=O)NC3CCc4nc(N5CCNCC5)c(F)cc4C3)sc2n1. The summed E-state index contributed by atoms with van der Waals surface area (Å²) in [5, 5.41) is 6.33. The van der Waals surface area contributed by atoms with E-state index in [9.17, 15) is 9.18 Å². The summed E-state index contributed by atoms with van der Waals surface area (Å²) in [4.78, 5) is 29.3. The van der Waals surface area contributed by atoms with E-state index < -0.39 is 0 Å². The Morgan fingerprint density at radius 2 is 2.16 bits per heavy atom. The van der Waals surface area contributed by atoms with Gasteiger partial charge in [-0.2, -0.15) is 0 Å². The van der Waals surface area contributed by atoms with E-state index in [1.54, 1.807) is 12.3 Å². The molecule has 3 aromatic heterocycles. The summed E-state index contributed by atoms with van der Waals surface area (Å²) in [7, 11) is 0. The number of hydrogen-bond acceptors (Lipinski definition) is 8. The Balaban J connectivity index is 1.32. The van der Waals surface area contributed by atoms with Gasteiger partial charge in [0, 0.05) is 44.1 Å². The maximum atomic E-state index is 14.8. The molecule has 0 saturated carbocycles. The van der Waals surface area contributed by atoms with E-state index in [-0.39, 0.29) is 17.8 Å². The normalized spacial score (nSPS) is 18.8. The molecule has 1 fully saturated rings. The number of carbonyl (C=O) groups excluding carboxylic acids is 1. The number of anilines is 2. The summed E-state index contributed by atoms with van der Waals surface area (Å²) < 4.78 is 14.8. The lowest BCUT2D eigenvalue weighted by molar-refractivity contribution is 0.0938. The molecule has 5 rings (SSSR count). The molecule has 1 amide bonds. The molecular formula is C21H24FN7OS. The summed E-state index contributed by atoms with van der Waals surface area (Å²) >= 11 is 1.25. The molecule has 2 aliphatic rings. The number of piperazine rings is 1. The summed E-state index contributed by atoms with van der Waals surface area (Å²) in [5.41, 5.74) is 9.63. The molecule has 0 spiro atoms. The van der Waals surface area contributed by atoms with Gasteiger partial charge in [0.05, 0.1) is 11.4 Å². The van der Waals surface area contributed by atoms with Crippen LogP contribution in [0.25, 0.3) is 10.3 Å². The monoisotopic (exact) mass is 441 g/mol. The topological polar surface area (TPSA) is 109 Å². The molecule has 0 bridgehead atoms. The van der Waals surface area contributed by atoms with Crippen molar-refractivity contribution in [3.05, 3.63) is 39.9 Å². The molecule has 162 valence electrons. The zero-order chi connectivity index (χ0) is 21.5. The summed E-state index contributed by atoms with van der Waals surface area (Å²) in [6.45, 7) is 5.01. The van der Waals surface area contributed by atoms with E-state index >= 15 is 0 Å². The Kier molecular flexibility index (Phi) is 5.19. The Labute approximate surface area is 183 Å². The van der Waals surface area contributed by atoms with Gasteiger partial charge in [0.25, 0.3) is 5.91 Å². The van der Waals surface area contributed by atoms with Gasteiger partial charge in [-0.05, 0) is 37.8 Å². The molecule has 4 N–H and O–H groups in total. The van der Waals surface area contributed by atoms with Crippen molar-refractivity contribution >= 4 is 39.1 Å².